The summed E-state index contributed by atoms with van der Waals surface area (Å²) in [6, 6.07) is 13.6. The number of amidine groups is 1. The number of rotatable bonds is 2. The van der Waals surface area contributed by atoms with E-state index in [1.54, 1.807) is 6.07 Å². The molecule has 2 aromatic carbocycles. The molecule has 0 aromatic heterocycles. The van der Waals surface area contributed by atoms with E-state index in [0.717, 1.165) is 24.1 Å². The third-order valence-electron chi connectivity index (χ3n) is 4.28. The van der Waals surface area contributed by atoms with Crippen LogP contribution in [0.25, 0.3) is 0 Å². The van der Waals surface area contributed by atoms with Crippen LogP contribution in [0.15, 0.2) is 47.5 Å². The van der Waals surface area contributed by atoms with Gasteiger partial charge in [-0.3, -0.25) is 10.1 Å². The van der Waals surface area contributed by atoms with Crippen molar-refractivity contribution in [3.8, 4) is 0 Å². The van der Waals surface area contributed by atoms with Gasteiger partial charge in [0.2, 0.25) is 0 Å². The maximum Gasteiger partial charge on any atom is 0.290 e. The molecule has 2 aliphatic rings. The van der Waals surface area contributed by atoms with Crippen LogP contribution in [0.5, 0.6) is 0 Å². The fraction of sp³-hybridized carbons (Fsp3) is 0.235. The van der Waals surface area contributed by atoms with Crippen LogP contribution in [0.3, 0.4) is 0 Å². The second kappa shape index (κ2) is 5.39. The summed E-state index contributed by atoms with van der Waals surface area (Å²) in [6.07, 6.45) is 2.00. The highest BCUT2D eigenvalue weighted by Crippen LogP contribution is 2.34. The van der Waals surface area contributed by atoms with Gasteiger partial charge in [-0.15, -0.1) is 0 Å². The van der Waals surface area contributed by atoms with E-state index in [4.69, 9.17) is 4.74 Å². The van der Waals surface area contributed by atoms with Crippen molar-refractivity contribution >= 4 is 17.4 Å². The van der Waals surface area contributed by atoms with Gasteiger partial charge in [0.05, 0.1) is 11.0 Å². The first-order chi connectivity index (χ1) is 11.2. The van der Waals surface area contributed by atoms with Crippen LogP contribution < -0.4 is 5.32 Å². The summed E-state index contributed by atoms with van der Waals surface area (Å²) in [5.74, 6) is 0. The lowest BCUT2D eigenvalue weighted by Gasteiger charge is -2.21. The Labute approximate surface area is 133 Å². The first-order valence-electron chi connectivity index (χ1n) is 7.53. The van der Waals surface area contributed by atoms with Crippen molar-refractivity contribution in [3.63, 3.8) is 0 Å². The van der Waals surface area contributed by atoms with Crippen LogP contribution in [-0.4, -0.2) is 10.9 Å². The predicted molar refractivity (Wildman–Crippen MR) is 86.4 cm³/mol. The summed E-state index contributed by atoms with van der Waals surface area (Å²) in [4.78, 5) is 15.1. The van der Waals surface area contributed by atoms with Crippen LogP contribution in [0.4, 0.5) is 11.4 Å². The van der Waals surface area contributed by atoms with Crippen LogP contribution in [0.1, 0.15) is 29.2 Å². The standard InChI is InChI=1S/C17H15N3O3/c21-20(22)13-6-8-15-12(9-13)10-23-17(18-15)19-16-7-5-11-3-1-2-4-14(11)16/h1-4,6,8-9,16H,5,7,10H2,(H,18,19). The number of hydrogen-bond donors (Lipinski definition) is 1. The van der Waals surface area contributed by atoms with Crippen molar-refractivity contribution in [1.29, 1.82) is 0 Å². The lowest BCUT2D eigenvalue weighted by Crippen LogP contribution is -2.23. The van der Waals surface area contributed by atoms with Gasteiger partial charge in [-0.05, 0) is 30.0 Å². The van der Waals surface area contributed by atoms with E-state index in [1.165, 1.54) is 23.3 Å². The van der Waals surface area contributed by atoms with Crippen molar-refractivity contribution in [1.82, 2.24) is 0 Å². The van der Waals surface area contributed by atoms with Gasteiger partial charge in [-0.2, -0.15) is 0 Å². The zero-order valence-corrected chi connectivity index (χ0v) is 12.4. The molecule has 23 heavy (non-hydrogen) atoms. The summed E-state index contributed by atoms with van der Waals surface area (Å²) in [5, 5.41) is 13.9. The van der Waals surface area contributed by atoms with Gasteiger partial charge in [-0.25, -0.2) is 4.99 Å². The molecule has 0 saturated heterocycles. The van der Waals surface area contributed by atoms with Crippen molar-refractivity contribution in [2.24, 2.45) is 4.99 Å². The molecule has 0 fully saturated rings. The van der Waals surface area contributed by atoms with Gasteiger partial charge < -0.3 is 10.1 Å². The van der Waals surface area contributed by atoms with Gasteiger partial charge in [0.1, 0.15) is 6.61 Å². The Morgan fingerprint density at radius 1 is 1.22 bits per heavy atom. The zero-order valence-electron chi connectivity index (χ0n) is 12.4. The highest BCUT2D eigenvalue weighted by Gasteiger charge is 2.24. The van der Waals surface area contributed by atoms with Crippen molar-refractivity contribution in [2.75, 3.05) is 5.32 Å². The second-order valence-electron chi connectivity index (χ2n) is 5.70. The molecule has 0 saturated carbocycles. The molecule has 1 aliphatic heterocycles. The van der Waals surface area contributed by atoms with E-state index in [-0.39, 0.29) is 18.3 Å². The molecule has 1 aliphatic carbocycles. The number of hydrogen-bond acceptors (Lipinski definition) is 4. The van der Waals surface area contributed by atoms with Crippen LogP contribution >= 0.6 is 0 Å². The highest BCUT2D eigenvalue weighted by molar-refractivity contribution is 5.92. The van der Waals surface area contributed by atoms with E-state index in [2.05, 4.69) is 22.4 Å². The number of nitro groups is 1. The number of nitro benzene ring substituents is 1. The summed E-state index contributed by atoms with van der Waals surface area (Å²) in [6.45, 7) is 0.289. The molecule has 0 bridgehead atoms. The molecule has 0 spiro atoms. The molecule has 6 nitrogen and oxygen atoms in total. The number of nitrogens with zero attached hydrogens (tertiary/aromatic N) is 2. The second-order valence-corrected chi connectivity index (χ2v) is 5.70. The molecule has 1 atom stereocenters. The van der Waals surface area contributed by atoms with Crippen LogP contribution in [0, 0.1) is 10.1 Å². The molecule has 1 N–H and O–H groups in total. The Morgan fingerprint density at radius 2 is 2.09 bits per heavy atom. The molecule has 0 radical (unpaired) electrons. The minimum absolute atomic E-state index is 0.0688. The molecule has 0 amide bonds. The quantitative estimate of drug-likeness (QED) is 0.679. The van der Waals surface area contributed by atoms with Gasteiger partial charge >= 0.3 is 0 Å². The van der Waals surface area contributed by atoms with E-state index < -0.39 is 4.92 Å². The lowest BCUT2D eigenvalue weighted by atomic mass is 10.1. The van der Waals surface area contributed by atoms with E-state index in [1.807, 2.05) is 12.1 Å². The number of anilines is 1. The predicted octanol–water partition coefficient (Wildman–Crippen LogP) is 3.58. The molecule has 1 heterocycles. The van der Waals surface area contributed by atoms with Gasteiger partial charge in [0.15, 0.2) is 0 Å². The highest BCUT2D eigenvalue weighted by atomic mass is 16.6. The summed E-state index contributed by atoms with van der Waals surface area (Å²) in [7, 11) is 0. The number of non-ortho nitro benzene ring substituents is 1. The first-order valence-corrected chi connectivity index (χ1v) is 7.53. The minimum atomic E-state index is -0.403. The number of nitrogens with one attached hydrogen (secondary N) is 1. The van der Waals surface area contributed by atoms with Crippen LogP contribution in [0.2, 0.25) is 0 Å². The topological polar surface area (TPSA) is 76.8 Å². The fourth-order valence-electron chi connectivity index (χ4n) is 3.11. The molecule has 6 heteroatoms. The van der Waals surface area contributed by atoms with E-state index in [0.29, 0.717) is 6.02 Å². The third kappa shape index (κ3) is 2.52. The lowest BCUT2D eigenvalue weighted by molar-refractivity contribution is -0.384. The first kappa shape index (κ1) is 13.8. The van der Waals surface area contributed by atoms with Gasteiger partial charge in [0.25, 0.3) is 11.7 Å². The monoisotopic (exact) mass is 309 g/mol. The average Bonchev–Trinajstić information content (AvgIpc) is 2.97. The molecular weight excluding hydrogens is 294 g/mol. The number of fused-ring (bicyclic) bond motifs is 2. The van der Waals surface area contributed by atoms with Crippen molar-refractivity contribution in [2.45, 2.75) is 25.5 Å². The Kier molecular flexibility index (Phi) is 3.22. The molecule has 4 rings (SSSR count). The largest absolute Gasteiger partial charge is 0.460 e. The Hall–Kier alpha value is -2.89. The number of aliphatic imine (C=N–C) groups is 1. The molecular formula is C17H15N3O3. The van der Waals surface area contributed by atoms with Crippen molar-refractivity contribution in [3.05, 3.63) is 69.3 Å². The average molecular weight is 309 g/mol. The number of ether oxygens (including phenoxy) is 1. The van der Waals surface area contributed by atoms with E-state index >= 15 is 0 Å². The maximum atomic E-state index is 10.8. The fourth-order valence-corrected chi connectivity index (χ4v) is 3.11. The zero-order chi connectivity index (χ0) is 15.8. The Bertz CT molecular complexity index is 816. The van der Waals surface area contributed by atoms with E-state index in [9.17, 15) is 10.1 Å². The molecule has 116 valence electrons. The van der Waals surface area contributed by atoms with Gasteiger partial charge in [-0.1, -0.05) is 24.3 Å². The maximum absolute atomic E-state index is 10.8. The summed E-state index contributed by atoms with van der Waals surface area (Å²) < 4.78 is 5.63. The normalized spacial score (nSPS) is 20.3. The SMILES string of the molecule is O=[N+]([O-])c1ccc2c(c1)COC(=NC1CCc3ccccc31)N2. The molecule has 2 aromatic rings. The molecule has 1 unspecified atom stereocenters. The summed E-state index contributed by atoms with van der Waals surface area (Å²) >= 11 is 0. The third-order valence-corrected chi connectivity index (χ3v) is 4.28. The smallest absolute Gasteiger partial charge is 0.290 e. The number of aryl methyl sites for hydroxylation is 1. The number of benzene rings is 2. The van der Waals surface area contributed by atoms with Crippen molar-refractivity contribution < 1.29 is 9.66 Å². The Balaban J connectivity index is 1.58. The van der Waals surface area contributed by atoms with Crippen LogP contribution in [-0.2, 0) is 17.8 Å². The minimum Gasteiger partial charge on any atom is -0.460 e. The summed E-state index contributed by atoms with van der Waals surface area (Å²) in [5.41, 5.74) is 4.24. The Morgan fingerprint density at radius 3 is 2.96 bits per heavy atom. The van der Waals surface area contributed by atoms with Gasteiger partial charge in [0, 0.05) is 23.4 Å².